The largest absolute Gasteiger partial charge is 0.340 e. The van der Waals surface area contributed by atoms with Gasteiger partial charge in [0.15, 0.2) is 0 Å². The molecule has 1 atom stereocenters. The molecule has 0 aromatic carbocycles. The van der Waals surface area contributed by atoms with Crippen LogP contribution in [0.25, 0.3) is 0 Å². The number of hydrogen-bond donors (Lipinski definition) is 0. The average molecular weight is 356 g/mol. The molecule has 2 saturated heterocycles. The van der Waals surface area contributed by atoms with Gasteiger partial charge in [0, 0.05) is 31.7 Å². The maximum absolute atomic E-state index is 13.0. The summed E-state index contributed by atoms with van der Waals surface area (Å²) in [7, 11) is 2.02. The van der Waals surface area contributed by atoms with Crippen molar-refractivity contribution in [2.24, 2.45) is 5.92 Å². The second-order valence-corrected chi connectivity index (χ2v) is 8.12. The second-order valence-electron chi connectivity index (χ2n) is 8.12. The number of likely N-dealkylation sites (tertiary alicyclic amines) is 1. The number of hydrogen-bond acceptors (Lipinski definition) is 4. The maximum Gasteiger partial charge on any atom is 0.241 e. The van der Waals surface area contributed by atoms with Gasteiger partial charge in [-0.3, -0.25) is 19.5 Å². The minimum atomic E-state index is -0.145. The zero-order valence-corrected chi connectivity index (χ0v) is 15.6. The molecule has 140 valence electrons. The van der Waals surface area contributed by atoms with Crippen molar-refractivity contribution < 1.29 is 9.59 Å². The molecule has 6 nitrogen and oxygen atoms in total. The summed E-state index contributed by atoms with van der Waals surface area (Å²) in [5.74, 6) is 0.645. The van der Waals surface area contributed by atoms with Gasteiger partial charge in [-0.25, -0.2) is 0 Å². The molecule has 0 unspecified atom stereocenters. The number of piperazine rings is 1. The SMILES string of the molecule is CN1CC(=O)N(c2cccnc2)C[C@]12CCN(C(=O)C1CCCCC1)C2. The summed E-state index contributed by atoms with van der Waals surface area (Å²) in [5, 5.41) is 0. The number of carbonyl (C=O) groups is 2. The van der Waals surface area contributed by atoms with Gasteiger partial charge in [-0.15, -0.1) is 0 Å². The van der Waals surface area contributed by atoms with E-state index in [9.17, 15) is 9.59 Å². The Morgan fingerprint density at radius 2 is 2.04 bits per heavy atom. The number of nitrogens with zero attached hydrogens (tertiary/aromatic N) is 4. The maximum atomic E-state index is 13.0. The number of rotatable bonds is 2. The molecular formula is C20H28N4O2. The fourth-order valence-electron chi connectivity index (χ4n) is 4.80. The molecule has 1 aliphatic carbocycles. The molecular weight excluding hydrogens is 328 g/mol. The highest BCUT2D eigenvalue weighted by Gasteiger charge is 2.49. The highest BCUT2D eigenvalue weighted by Crippen LogP contribution is 2.35. The molecule has 2 aliphatic heterocycles. The Morgan fingerprint density at radius 1 is 1.23 bits per heavy atom. The third-order valence-electron chi connectivity index (χ3n) is 6.49. The highest BCUT2D eigenvalue weighted by molar-refractivity contribution is 5.96. The summed E-state index contributed by atoms with van der Waals surface area (Å²) in [5.41, 5.74) is 0.704. The molecule has 1 aromatic heterocycles. The van der Waals surface area contributed by atoms with Gasteiger partial charge in [0.2, 0.25) is 11.8 Å². The monoisotopic (exact) mass is 356 g/mol. The average Bonchev–Trinajstić information content (AvgIpc) is 3.11. The molecule has 1 spiro atoms. The predicted octanol–water partition coefficient (Wildman–Crippen LogP) is 1.91. The molecule has 26 heavy (non-hydrogen) atoms. The van der Waals surface area contributed by atoms with Crippen molar-refractivity contribution in [3.8, 4) is 0 Å². The summed E-state index contributed by atoms with van der Waals surface area (Å²) in [6.07, 6.45) is 10.1. The second kappa shape index (κ2) is 6.99. The van der Waals surface area contributed by atoms with Crippen molar-refractivity contribution in [2.45, 2.75) is 44.1 Å². The van der Waals surface area contributed by atoms with Crippen molar-refractivity contribution >= 4 is 17.5 Å². The van der Waals surface area contributed by atoms with Gasteiger partial charge in [0.1, 0.15) is 0 Å². The predicted molar refractivity (Wildman–Crippen MR) is 99.7 cm³/mol. The van der Waals surface area contributed by atoms with Crippen molar-refractivity contribution in [1.29, 1.82) is 0 Å². The summed E-state index contributed by atoms with van der Waals surface area (Å²) in [6.45, 7) is 2.54. The van der Waals surface area contributed by atoms with Crippen LogP contribution in [0.3, 0.4) is 0 Å². The number of carbonyl (C=O) groups excluding carboxylic acids is 2. The highest BCUT2D eigenvalue weighted by atomic mass is 16.2. The summed E-state index contributed by atoms with van der Waals surface area (Å²) >= 11 is 0. The first-order valence-electron chi connectivity index (χ1n) is 9.79. The van der Waals surface area contributed by atoms with Crippen LogP contribution < -0.4 is 4.90 Å². The molecule has 0 radical (unpaired) electrons. The third-order valence-corrected chi connectivity index (χ3v) is 6.49. The summed E-state index contributed by atoms with van der Waals surface area (Å²) < 4.78 is 0. The lowest BCUT2D eigenvalue weighted by atomic mass is 9.88. The lowest BCUT2D eigenvalue weighted by Gasteiger charge is -2.46. The van der Waals surface area contributed by atoms with E-state index in [-0.39, 0.29) is 17.4 Å². The van der Waals surface area contributed by atoms with Crippen LogP contribution in [0.2, 0.25) is 0 Å². The Balaban J connectivity index is 1.50. The fraction of sp³-hybridized carbons (Fsp3) is 0.650. The van der Waals surface area contributed by atoms with E-state index >= 15 is 0 Å². The van der Waals surface area contributed by atoms with Gasteiger partial charge in [0.05, 0.1) is 24.0 Å². The Hall–Kier alpha value is -1.95. The van der Waals surface area contributed by atoms with Crippen molar-refractivity contribution in [2.75, 3.05) is 38.1 Å². The van der Waals surface area contributed by atoms with E-state index in [1.807, 2.05) is 24.1 Å². The van der Waals surface area contributed by atoms with E-state index in [1.165, 1.54) is 19.3 Å². The van der Waals surface area contributed by atoms with Crippen molar-refractivity contribution in [1.82, 2.24) is 14.8 Å². The Kier molecular flexibility index (Phi) is 4.69. The van der Waals surface area contributed by atoms with Crippen LogP contribution in [0.15, 0.2) is 24.5 Å². The number of aromatic nitrogens is 1. The Bertz CT molecular complexity index is 674. The van der Waals surface area contributed by atoms with Gasteiger partial charge in [-0.05, 0) is 38.4 Å². The number of likely N-dealkylation sites (N-methyl/N-ethyl adjacent to an activating group) is 1. The molecule has 1 saturated carbocycles. The van der Waals surface area contributed by atoms with Crippen LogP contribution >= 0.6 is 0 Å². The molecule has 2 amide bonds. The zero-order valence-electron chi connectivity index (χ0n) is 15.6. The molecule has 3 heterocycles. The molecule has 0 bridgehead atoms. The zero-order chi connectivity index (χ0) is 18.1. The standard InChI is InChI=1S/C20H28N4O2/c1-22-13-18(25)24(17-8-5-10-21-12-17)15-20(22)9-11-23(14-20)19(26)16-6-3-2-4-7-16/h5,8,10,12,16H,2-4,6-7,9,11,13-15H2,1H3/t20-/m1/s1. The quantitative estimate of drug-likeness (QED) is 0.812. The van der Waals surface area contributed by atoms with Crippen LogP contribution in [0.4, 0.5) is 5.69 Å². The topological polar surface area (TPSA) is 56.8 Å². The van der Waals surface area contributed by atoms with E-state index in [0.717, 1.165) is 38.0 Å². The van der Waals surface area contributed by atoms with Crippen LogP contribution in [0.5, 0.6) is 0 Å². The van der Waals surface area contributed by atoms with Gasteiger partial charge >= 0.3 is 0 Å². The van der Waals surface area contributed by atoms with Gasteiger partial charge in [0.25, 0.3) is 0 Å². The first-order chi connectivity index (χ1) is 12.6. The molecule has 4 rings (SSSR count). The van der Waals surface area contributed by atoms with Crippen molar-refractivity contribution in [3.63, 3.8) is 0 Å². The van der Waals surface area contributed by atoms with E-state index in [1.54, 1.807) is 12.4 Å². The van der Waals surface area contributed by atoms with Crippen LogP contribution in [0.1, 0.15) is 38.5 Å². The van der Waals surface area contributed by atoms with Crippen molar-refractivity contribution in [3.05, 3.63) is 24.5 Å². The summed E-state index contributed by atoms with van der Waals surface area (Å²) in [4.78, 5) is 35.8. The lowest BCUT2D eigenvalue weighted by molar-refractivity contribution is -0.136. The molecule has 1 aromatic rings. The fourth-order valence-corrected chi connectivity index (χ4v) is 4.80. The number of anilines is 1. The Morgan fingerprint density at radius 3 is 2.77 bits per heavy atom. The van der Waals surface area contributed by atoms with Gasteiger partial charge < -0.3 is 9.80 Å². The first-order valence-corrected chi connectivity index (χ1v) is 9.79. The summed E-state index contributed by atoms with van der Waals surface area (Å²) in [6, 6.07) is 3.80. The number of amides is 2. The lowest BCUT2D eigenvalue weighted by Crippen LogP contribution is -2.64. The van der Waals surface area contributed by atoms with Crippen LogP contribution in [-0.2, 0) is 9.59 Å². The van der Waals surface area contributed by atoms with Gasteiger partial charge in [-0.2, -0.15) is 0 Å². The van der Waals surface area contributed by atoms with Crippen LogP contribution in [-0.4, -0.2) is 65.4 Å². The van der Waals surface area contributed by atoms with E-state index in [4.69, 9.17) is 0 Å². The number of pyridine rings is 1. The molecule has 3 aliphatic rings. The smallest absolute Gasteiger partial charge is 0.241 e. The van der Waals surface area contributed by atoms with Crippen LogP contribution in [0, 0.1) is 5.92 Å². The van der Waals surface area contributed by atoms with E-state index in [0.29, 0.717) is 19.0 Å². The third kappa shape index (κ3) is 3.11. The molecule has 3 fully saturated rings. The Labute approximate surface area is 155 Å². The minimum Gasteiger partial charge on any atom is -0.340 e. The first kappa shape index (κ1) is 17.5. The van der Waals surface area contributed by atoms with E-state index < -0.39 is 0 Å². The normalized spacial score (nSPS) is 28.1. The molecule has 6 heteroatoms. The molecule has 0 N–H and O–H groups in total. The van der Waals surface area contributed by atoms with Gasteiger partial charge in [-0.1, -0.05) is 19.3 Å². The van der Waals surface area contributed by atoms with E-state index in [2.05, 4.69) is 14.8 Å². The minimum absolute atomic E-state index is 0.100.